The molecule has 0 spiro atoms. The summed E-state index contributed by atoms with van der Waals surface area (Å²) in [6.07, 6.45) is 2.80. The average Bonchev–Trinajstić information content (AvgIpc) is 2.71. The summed E-state index contributed by atoms with van der Waals surface area (Å²) in [6.45, 7) is 12.1. The maximum atomic E-state index is 12.5. The molecule has 1 aliphatic rings. The summed E-state index contributed by atoms with van der Waals surface area (Å²) in [4.78, 5) is 25.2. The average molecular weight is 475 g/mol. The highest BCUT2D eigenvalue weighted by atomic mass is 79.9. The number of anilines is 1. The van der Waals surface area contributed by atoms with Gasteiger partial charge in [0.25, 0.3) is 0 Å². The molecule has 2 heterocycles. The van der Waals surface area contributed by atoms with Crippen LogP contribution < -0.4 is 9.64 Å². The van der Waals surface area contributed by atoms with E-state index in [1.54, 1.807) is 6.33 Å². The standard InChI is InChI=1S/C23H31BrN4O2/c1-17-14-21(26-16-25-17)27-9-11-28(12-10-27)22(29)6-5-13-30-20-8-7-18(15-19(20)24)23(2,3)4/h7-8,14-16H,5-6,9-13H2,1-4H3. The fourth-order valence-corrected chi connectivity index (χ4v) is 3.94. The van der Waals surface area contributed by atoms with Crippen LogP contribution in [0.3, 0.4) is 0 Å². The van der Waals surface area contributed by atoms with Gasteiger partial charge >= 0.3 is 0 Å². The number of carbonyl (C=O) groups excluding carboxylic acids is 1. The van der Waals surface area contributed by atoms with Gasteiger partial charge in [0, 0.05) is 44.4 Å². The minimum Gasteiger partial charge on any atom is -0.492 e. The van der Waals surface area contributed by atoms with E-state index in [9.17, 15) is 4.79 Å². The molecule has 1 saturated heterocycles. The van der Waals surface area contributed by atoms with Gasteiger partial charge in [-0.2, -0.15) is 0 Å². The van der Waals surface area contributed by atoms with Crippen LogP contribution in [0.1, 0.15) is 44.9 Å². The zero-order valence-electron chi connectivity index (χ0n) is 18.3. The smallest absolute Gasteiger partial charge is 0.222 e. The summed E-state index contributed by atoms with van der Waals surface area (Å²) < 4.78 is 6.84. The molecule has 0 radical (unpaired) electrons. The number of ether oxygens (including phenoxy) is 1. The van der Waals surface area contributed by atoms with Crippen molar-refractivity contribution >= 4 is 27.7 Å². The van der Waals surface area contributed by atoms with E-state index in [4.69, 9.17) is 4.74 Å². The van der Waals surface area contributed by atoms with Crippen molar-refractivity contribution in [3.8, 4) is 5.75 Å². The molecule has 0 atom stereocenters. The summed E-state index contributed by atoms with van der Waals surface area (Å²) in [7, 11) is 0. The number of aromatic nitrogens is 2. The van der Waals surface area contributed by atoms with Crippen molar-refractivity contribution in [2.45, 2.75) is 46.0 Å². The Morgan fingerprint density at radius 2 is 1.87 bits per heavy atom. The largest absolute Gasteiger partial charge is 0.492 e. The number of benzene rings is 1. The lowest BCUT2D eigenvalue weighted by atomic mass is 9.87. The van der Waals surface area contributed by atoms with E-state index in [1.807, 2.05) is 24.0 Å². The van der Waals surface area contributed by atoms with Gasteiger partial charge in [-0.15, -0.1) is 0 Å². The fourth-order valence-electron chi connectivity index (χ4n) is 3.45. The topological polar surface area (TPSA) is 58.6 Å². The molecular formula is C23H31BrN4O2. The summed E-state index contributed by atoms with van der Waals surface area (Å²) in [6, 6.07) is 8.20. The Bertz CT molecular complexity index is 874. The monoisotopic (exact) mass is 474 g/mol. The highest BCUT2D eigenvalue weighted by Crippen LogP contribution is 2.31. The van der Waals surface area contributed by atoms with Crippen molar-refractivity contribution in [3.05, 3.63) is 46.3 Å². The number of piperazine rings is 1. The fraction of sp³-hybridized carbons (Fsp3) is 0.522. The molecule has 0 saturated carbocycles. The summed E-state index contributed by atoms with van der Waals surface area (Å²) in [5.74, 6) is 1.95. The second-order valence-electron chi connectivity index (χ2n) is 8.73. The predicted octanol–water partition coefficient (Wildman–Crippen LogP) is 4.35. The van der Waals surface area contributed by atoms with Crippen LogP contribution in [0.4, 0.5) is 5.82 Å². The first kappa shape index (κ1) is 22.5. The third kappa shape index (κ3) is 5.94. The molecule has 6 nitrogen and oxygen atoms in total. The van der Waals surface area contributed by atoms with Crippen molar-refractivity contribution in [1.29, 1.82) is 0 Å². The number of halogens is 1. The molecule has 30 heavy (non-hydrogen) atoms. The number of amides is 1. The number of nitrogens with zero attached hydrogens (tertiary/aromatic N) is 4. The van der Waals surface area contributed by atoms with Gasteiger partial charge in [-0.05, 0) is 52.4 Å². The summed E-state index contributed by atoms with van der Waals surface area (Å²) in [5, 5.41) is 0. The quantitative estimate of drug-likeness (QED) is 0.582. The number of aryl methyl sites for hydroxylation is 1. The molecule has 1 amide bonds. The van der Waals surface area contributed by atoms with Gasteiger partial charge in [0.15, 0.2) is 0 Å². The summed E-state index contributed by atoms with van der Waals surface area (Å²) >= 11 is 3.60. The Hall–Kier alpha value is -2.15. The molecule has 0 unspecified atom stereocenters. The Morgan fingerprint density at radius 3 is 2.50 bits per heavy atom. The number of hydrogen-bond acceptors (Lipinski definition) is 5. The van der Waals surface area contributed by atoms with Crippen LogP contribution in [0.5, 0.6) is 5.75 Å². The Balaban J connectivity index is 1.40. The molecule has 0 bridgehead atoms. The van der Waals surface area contributed by atoms with Gasteiger partial charge in [-0.25, -0.2) is 9.97 Å². The third-order valence-electron chi connectivity index (χ3n) is 5.34. The normalized spacial score (nSPS) is 14.7. The van der Waals surface area contributed by atoms with E-state index in [-0.39, 0.29) is 11.3 Å². The zero-order chi connectivity index (χ0) is 21.7. The van der Waals surface area contributed by atoms with Crippen molar-refractivity contribution < 1.29 is 9.53 Å². The maximum absolute atomic E-state index is 12.5. The van der Waals surface area contributed by atoms with E-state index in [2.05, 4.69) is 63.7 Å². The van der Waals surface area contributed by atoms with Crippen molar-refractivity contribution in [2.75, 3.05) is 37.7 Å². The lowest BCUT2D eigenvalue weighted by Crippen LogP contribution is -2.49. The predicted molar refractivity (Wildman–Crippen MR) is 123 cm³/mol. The van der Waals surface area contributed by atoms with Crippen LogP contribution in [0, 0.1) is 6.92 Å². The number of hydrogen-bond donors (Lipinski definition) is 0. The molecule has 1 aliphatic heterocycles. The Labute approximate surface area is 187 Å². The van der Waals surface area contributed by atoms with Gasteiger partial charge in [-0.3, -0.25) is 4.79 Å². The molecule has 0 N–H and O–H groups in total. The summed E-state index contributed by atoms with van der Waals surface area (Å²) in [5.41, 5.74) is 2.32. The molecule has 1 aromatic carbocycles. The van der Waals surface area contributed by atoms with E-state index < -0.39 is 0 Å². The van der Waals surface area contributed by atoms with Gasteiger partial charge in [-0.1, -0.05) is 26.8 Å². The molecule has 7 heteroatoms. The van der Waals surface area contributed by atoms with E-state index in [0.29, 0.717) is 19.4 Å². The minimum atomic E-state index is 0.101. The second kappa shape index (κ2) is 9.77. The van der Waals surface area contributed by atoms with Crippen LogP contribution in [-0.2, 0) is 10.2 Å². The molecule has 162 valence electrons. The van der Waals surface area contributed by atoms with Crippen molar-refractivity contribution in [1.82, 2.24) is 14.9 Å². The van der Waals surface area contributed by atoms with E-state index in [0.717, 1.165) is 47.9 Å². The molecule has 0 aliphatic carbocycles. The van der Waals surface area contributed by atoms with Gasteiger partial charge in [0.05, 0.1) is 11.1 Å². The van der Waals surface area contributed by atoms with Crippen LogP contribution >= 0.6 is 15.9 Å². The third-order valence-corrected chi connectivity index (χ3v) is 5.96. The van der Waals surface area contributed by atoms with Gasteiger partial charge in [0.2, 0.25) is 5.91 Å². The maximum Gasteiger partial charge on any atom is 0.222 e. The van der Waals surface area contributed by atoms with Gasteiger partial charge < -0.3 is 14.5 Å². The first-order valence-electron chi connectivity index (χ1n) is 10.5. The first-order valence-corrected chi connectivity index (χ1v) is 11.3. The number of carbonyl (C=O) groups is 1. The van der Waals surface area contributed by atoms with Crippen LogP contribution in [0.15, 0.2) is 35.1 Å². The molecule has 1 aromatic heterocycles. The second-order valence-corrected chi connectivity index (χ2v) is 9.59. The van der Waals surface area contributed by atoms with Crippen molar-refractivity contribution in [2.24, 2.45) is 0 Å². The highest BCUT2D eigenvalue weighted by Gasteiger charge is 2.22. The van der Waals surface area contributed by atoms with E-state index in [1.165, 1.54) is 5.56 Å². The minimum absolute atomic E-state index is 0.101. The van der Waals surface area contributed by atoms with E-state index >= 15 is 0 Å². The highest BCUT2D eigenvalue weighted by molar-refractivity contribution is 9.10. The number of rotatable bonds is 6. The van der Waals surface area contributed by atoms with Gasteiger partial charge in [0.1, 0.15) is 17.9 Å². The molecule has 1 fully saturated rings. The molecular weight excluding hydrogens is 444 g/mol. The SMILES string of the molecule is Cc1cc(N2CCN(C(=O)CCCOc3ccc(C(C)(C)C)cc3Br)CC2)ncn1. The lowest BCUT2D eigenvalue weighted by molar-refractivity contribution is -0.131. The van der Waals surface area contributed by atoms with Crippen molar-refractivity contribution in [3.63, 3.8) is 0 Å². The Kier molecular flexibility index (Phi) is 7.34. The molecule has 2 aromatic rings. The van der Waals surface area contributed by atoms with Crippen LogP contribution in [0.25, 0.3) is 0 Å². The molecule has 3 rings (SSSR count). The Morgan fingerprint density at radius 1 is 1.13 bits per heavy atom. The first-order chi connectivity index (χ1) is 14.2. The lowest BCUT2D eigenvalue weighted by Gasteiger charge is -2.35. The van der Waals surface area contributed by atoms with Crippen LogP contribution in [-0.4, -0.2) is 53.6 Å². The van der Waals surface area contributed by atoms with Crippen LogP contribution in [0.2, 0.25) is 0 Å². The zero-order valence-corrected chi connectivity index (χ0v) is 19.9.